The third-order valence-electron chi connectivity index (χ3n) is 2.51. The van der Waals surface area contributed by atoms with Gasteiger partial charge in [-0.3, -0.25) is 0 Å². The molecular weight excluding hydrogens is 186 g/mol. The van der Waals surface area contributed by atoms with Crippen LogP contribution in [0.1, 0.15) is 31.7 Å². The van der Waals surface area contributed by atoms with E-state index in [2.05, 4.69) is 34.7 Å². The van der Waals surface area contributed by atoms with Crippen molar-refractivity contribution >= 4 is 5.82 Å². The molecule has 0 radical (unpaired) electrons. The van der Waals surface area contributed by atoms with Crippen LogP contribution in [0, 0.1) is 0 Å². The number of nitrogens with zero attached hydrogens (tertiary/aromatic N) is 1. The van der Waals surface area contributed by atoms with Gasteiger partial charge in [-0.05, 0) is 43.5 Å². The molecule has 1 aliphatic rings. The number of nitrogens with one attached hydrogen (secondary N) is 2. The molecule has 1 heterocycles. The Morgan fingerprint density at radius 1 is 1.47 bits per heavy atom. The number of aromatic nitrogens is 1. The maximum absolute atomic E-state index is 4.31. The molecule has 15 heavy (non-hydrogen) atoms. The van der Waals surface area contributed by atoms with E-state index in [1.165, 1.54) is 24.8 Å². The van der Waals surface area contributed by atoms with Gasteiger partial charge < -0.3 is 10.6 Å². The highest BCUT2D eigenvalue weighted by Gasteiger charge is 2.21. The second-order valence-corrected chi connectivity index (χ2v) is 4.14. The topological polar surface area (TPSA) is 37.0 Å². The van der Waals surface area contributed by atoms with Crippen molar-refractivity contribution in [2.45, 2.75) is 38.8 Å². The second-order valence-electron chi connectivity index (χ2n) is 4.14. The molecule has 3 nitrogen and oxygen atoms in total. The first kappa shape index (κ1) is 10.4. The molecule has 1 fully saturated rings. The number of pyridine rings is 1. The molecular formula is C12H19N3. The van der Waals surface area contributed by atoms with Crippen LogP contribution >= 0.6 is 0 Å². The number of hydrogen-bond donors (Lipinski definition) is 2. The van der Waals surface area contributed by atoms with Gasteiger partial charge in [0.15, 0.2) is 0 Å². The zero-order valence-corrected chi connectivity index (χ0v) is 9.29. The molecule has 1 aromatic rings. The van der Waals surface area contributed by atoms with Crippen LogP contribution in [-0.4, -0.2) is 17.6 Å². The lowest BCUT2D eigenvalue weighted by atomic mass is 10.2. The largest absolute Gasteiger partial charge is 0.367 e. The molecule has 0 amide bonds. The van der Waals surface area contributed by atoms with Gasteiger partial charge in [0.05, 0.1) is 0 Å². The van der Waals surface area contributed by atoms with Crippen LogP contribution in [-0.2, 0) is 6.54 Å². The van der Waals surface area contributed by atoms with E-state index in [9.17, 15) is 0 Å². The Bertz CT molecular complexity index is 307. The van der Waals surface area contributed by atoms with E-state index < -0.39 is 0 Å². The Hall–Kier alpha value is -1.09. The third kappa shape index (κ3) is 3.51. The van der Waals surface area contributed by atoms with Crippen LogP contribution in [0.25, 0.3) is 0 Å². The molecule has 0 spiro atoms. The highest BCUT2D eigenvalue weighted by molar-refractivity contribution is 5.39. The van der Waals surface area contributed by atoms with Gasteiger partial charge in [0.25, 0.3) is 0 Å². The molecule has 3 heteroatoms. The zero-order valence-electron chi connectivity index (χ0n) is 9.29. The van der Waals surface area contributed by atoms with Crippen molar-refractivity contribution in [3.8, 4) is 0 Å². The van der Waals surface area contributed by atoms with Crippen LogP contribution in [0.3, 0.4) is 0 Å². The molecule has 2 N–H and O–H groups in total. The molecule has 1 saturated carbocycles. The molecule has 0 bridgehead atoms. The van der Waals surface area contributed by atoms with Crippen molar-refractivity contribution in [1.29, 1.82) is 0 Å². The fraction of sp³-hybridized carbons (Fsp3) is 0.583. The molecule has 0 aliphatic heterocycles. The zero-order chi connectivity index (χ0) is 10.5. The van der Waals surface area contributed by atoms with Crippen molar-refractivity contribution in [3.63, 3.8) is 0 Å². The summed E-state index contributed by atoms with van der Waals surface area (Å²) in [6.45, 7) is 4.20. The van der Waals surface area contributed by atoms with Crippen LogP contribution in [0.2, 0.25) is 0 Å². The van der Waals surface area contributed by atoms with E-state index in [0.717, 1.165) is 18.9 Å². The number of anilines is 1. The van der Waals surface area contributed by atoms with Gasteiger partial charge in [-0.15, -0.1) is 0 Å². The molecule has 0 aromatic carbocycles. The van der Waals surface area contributed by atoms with E-state index in [4.69, 9.17) is 0 Å². The van der Waals surface area contributed by atoms with Crippen LogP contribution in [0.4, 0.5) is 5.82 Å². The maximum atomic E-state index is 4.31. The van der Waals surface area contributed by atoms with Gasteiger partial charge >= 0.3 is 0 Å². The minimum atomic E-state index is 0.677. The van der Waals surface area contributed by atoms with Gasteiger partial charge in [-0.2, -0.15) is 0 Å². The van der Waals surface area contributed by atoms with Gasteiger partial charge in [0.1, 0.15) is 5.82 Å². The number of hydrogen-bond acceptors (Lipinski definition) is 3. The Morgan fingerprint density at radius 2 is 2.33 bits per heavy atom. The summed E-state index contributed by atoms with van der Waals surface area (Å²) in [6.07, 6.45) is 5.64. The molecule has 0 unspecified atom stereocenters. The fourth-order valence-electron chi connectivity index (χ4n) is 1.51. The molecule has 82 valence electrons. The van der Waals surface area contributed by atoms with Gasteiger partial charge in [-0.25, -0.2) is 4.98 Å². The summed E-state index contributed by atoms with van der Waals surface area (Å²) in [7, 11) is 0. The first-order valence-electron chi connectivity index (χ1n) is 5.80. The van der Waals surface area contributed by atoms with Gasteiger partial charge in [-0.1, -0.05) is 6.92 Å². The van der Waals surface area contributed by atoms with Gasteiger partial charge in [0, 0.05) is 18.8 Å². The summed E-state index contributed by atoms with van der Waals surface area (Å²) >= 11 is 0. The average molecular weight is 205 g/mol. The average Bonchev–Trinajstić information content (AvgIpc) is 3.03. The van der Waals surface area contributed by atoms with Crippen LogP contribution in [0.15, 0.2) is 18.3 Å². The Morgan fingerprint density at radius 3 is 3.07 bits per heavy atom. The maximum Gasteiger partial charge on any atom is 0.126 e. The molecule has 2 rings (SSSR count). The summed E-state index contributed by atoms with van der Waals surface area (Å²) in [5.74, 6) is 1.02. The fourth-order valence-corrected chi connectivity index (χ4v) is 1.51. The Balaban J connectivity index is 1.86. The molecule has 0 saturated heterocycles. The van der Waals surface area contributed by atoms with E-state index in [1.54, 1.807) is 0 Å². The summed E-state index contributed by atoms with van der Waals surface area (Å²) in [4.78, 5) is 4.31. The lowest BCUT2D eigenvalue weighted by molar-refractivity contribution is 0.675. The first-order valence-corrected chi connectivity index (χ1v) is 5.80. The third-order valence-corrected chi connectivity index (χ3v) is 2.51. The lowest BCUT2D eigenvalue weighted by Gasteiger charge is -2.06. The quantitative estimate of drug-likeness (QED) is 0.699. The predicted octanol–water partition coefficient (Wildman–Crippen LogP) is 2.16. The SMILES string of the molecule is CCCNCc1ccnc(NC2CC2)c1. The highest BCUT2D eigenvalue weighted by atomic mass is 15.0. The summed E-state index contributed by atoms with van der Waals surface area (Å²) in [6, 6.07) is 4.89. The van der Waals surface area contributed by atoms with Crippen molar-refractivity contribution < 1.29 is 0 Å². The molecule has 1 aromatic heterocycles. The monoisotopic (exact) mass is 205 g/mol. The van der Waals surface area contributed by atoms with Gasteiger partial charge in [0.2, 0.25) is 0 Å². The van der Waals surface area contributed by atoms with Crippen LogP contribution in [0.5, 0.6) is 0 Å². The Kier molecular flexibility index (Phi) is 3.56. The van der Waals surface area contributed by atoms with E-state index in [-0.39, 0.29) is 0 Å². The summed E-state index contributed by atoms with van der Waals surface area (Å²) in [5, 5.41) is 6.80. The number of rotatable bonds is 6. The van der Waals surface area contributed by atoms with Crippen molar-refractivity contribution in [2.24, 2.45) is 0 Å². The highest BCUT2D eigenvalue weighted by Crippen LogP contribution is 2.23. The van der Waals surface area contributed by atoms with E-state index >= 15 is 0 Å². The molecule has 1 aliphatic carbocycles. The second kappa shape index (κ2) is 5.12. The van der Waals surface area contributed by atoms with Crippen molar-refractivity contribution in [2.75, 3.05) is 11.9 Å². The van der Waals surface area contributed by atoms with E-state index in [0.29, 0.717) is 6.04 Å². The smallest absolute Gasteiger partial charge is 0.126 e. The lowest BCUT2D eigenvalue weighted by Crippen LogP contribution is -2.14. The summed E-state index contributed by atoms with van der Waals surface area (Å²) in [5.41, 5.74) is 1.31. The summed E-state index contributed by atoms with van der Waals surface area (Å²) < 4.78 is 0. The predicted molar refractivity (Wildman–Crippen MR) is 62.9 cm³/mol. The minimum absolute atomic E-state index is 0.677. The van der Waals surface area contributed by atoms with Crippen LogP contribution < -0.4 is 10.6 Å². The Labute approximate surface area is 91.3 Å². The molecule has 0 atom stereocenters. The minimum Gasteiger partial charge on any atom is -0.367 e. The van der Waals surface area contributed by atoms with Crippen molar-refractivity contribution in [3.05, 3.63) is 23.9 Å². The van der Waals surface area contributed by atoms with Crippen molar-refractivity contribution in [1.82, 2.24) is 10.3 Å². The standard InChI is InChI=1S/C12H19N3/c1-2-6-13-9-10-5-7-14-12(8-10)15-11-3-4-11/h5,7-8,11,13H,2-4,6,9H2,1H3,(H,14,15). The van der Waals surface area contributed by atoms with E-state index in [1.807, 2.05) is 6.20 Å². The first-order chi connectivity index (χ1) is 7.38. The normalized spacial score (nSPS) is 15.3.